The van der Waals surface area contributed by atoms with E-state index in [4.69, 9.17) is 10.5 Å². The molecule has 1 rings (SSSR count). The third kappa shape index (κ3) is 6.04. The summed E-state index contributed by atoms with van der Waals surface area (Å²) in [4.78, 5) is 15.5. The predicted octanol–water partition coefficient (Wildman–Crippen LogP) is 1.72. The van der Waals surface area contributed by atoms with Gasteiger partial charge in [-0.1, -0.05) is 0 Å². The van der Waals surface area contributed by atoms with Crippen LogP contribution in [0.15, 0.2) is 24.3 Å². The van der Waals surface area contributed by atoms with Crippen LogP contribution in [0.4, 0.5) is 5.69 Å². The molecule has 1 aromatic rings. The Balaban J connectivity index is 2.59. The number of methoxy groups -OCH3 is 1. The Morgan fingerprint density at radius 2 is 1.76 bits per heavy atom. The largest absolute Gasteiger partial charge is 0.497 e. The van der Waals surface area contributed by atoms with E-state index in [9.17, 15) is 4.79 Å². The van der Waals surface area contributed by atoms with Crippen LogP contribution in [0.5, 0.6) is 5.75 Å². The number of carbonyl (C=O) groups excluding carboxylic acids is 1. The SMILES string of the molecule is COc1ccc(N(CCCN)CCCC(=O)N(C)C)cc1. The van der Waals surface area contributed by atoms with E-state index in [1.807, 2.05) is 24.3 Å². The van der Waals surface area contributed by atoms with Gasteiger partial charge < -0.3 is 20.3 Å². The summed E-state index contributed by atoms with van der Waals surface area (Å²) >= 11 is 0. The first-order valence-corrected chi connectivity index (χ1v) is 7.37. The zero-order valence-electron chi connectivity index (χ0n) is 13.3. The number of amides is 1. The van der Waals surface area contributed by atoms with Gasteiger partial charge in [0.05, 0.1) is 7.11 Å². The molecule has 21 heavy (non-hydrogen) atoms. The minimum atomic E-state index is 0.170. The molecule has 0 spiro atoms. The maximum atomic E-state index is 11.6. The maximum Gasteiger partial charge on any atom is 0.222 e. The number of rotatable bonds is 9. The number of benzene rings is 1. The van der Waals surface area contributed by atoms with E-state index in [1.54, 1.807) is 26.1 Å². The van der Waals surface area contributed by atoms with Gasteiger partial charge in [0.25, 0.3) is 0 Å². The highest BCUT2D eigenvalue weighted by Crippen LogP contribution is 2.20. The standard InChI is InChI=1S/C16H27N3O2/c1-18(2)16(20)6-4-12-19(13-5-11-17)14-7-9-15(21-3)10-8-14/h7-10H,4-6,11-13,17H2,1-3H3. The molecule has 2 N–H and O–H groups in total. The number of hydrogen-bond donors (Lipinski definition) is 1. The van der Waals surface area contributed by atoms with Crippen LogP contribution < -0.4 is 15.4 Å². The van der Waals surface area contributed by atoms with Crippen LogP contribution in [-0.2, 0) is 4.79 Å². The van der Waals surface area contributed by atoms with Crippen molar-refractivity contribution in [2.24, 2.45) is 5.73 Å². The van der Waals surface area contributed by atoms with Crippen LogP contribution >= 0.6 is 0 Å². The topological polar surface area (TPSA) is 58.8 Å². The Labute approximate surface area is 127 Å². The molecule has 5 heteroatoms. The van der Waals surface area contributed by atoms with Crippen molar-refractivity contribution in [1.82, 2.24) is 4.90 Å². The molecular weight excluding hydrogens is 266 g/mol. The smallest absolute Gasteiger partial charge is 0.222 e. The Bertz CT molecular complexity index is 418. The molecule has 0 aliphatic carbocycles. The third-order valence-corrected chi connectivity index (χ3v) is 3.39. The van der Waals surface area contributed by atoms with Crippen LogP contribution in [0.3, 0.4) is 0 Å². The summed E-state index contributed by atoms with van der Waals surface area (Å²) in [7, 11) is 5.24. The average molecular weight is 293 g/mol. The summed E-state index contributed by atoms with van der Waals surface area (Å²) in [6, 6.07) is 8.00. The molecule has 0 saturated carbocycles. The molecule has 118 valence electrons. The second kappa shape index (κ2) is 9.23. The number of ether oxygens (including phenoxy) is 1. The number of anilines is 1. The summed E-state index contributed by atoms with van der Waals surface area (Å²) in [5.41, 5.74) is 6.75. The van der Waals surface area contributed by atoms with Crippen LogP contribution in [0.2, 0.25) is 0 Å². The number of nitrogens with two attached hydrogens (primary N) is 1. The Morgan fingerprint density at radius 3 is 2.29 bits per heavy atom. The molecule has 0 bridgehead atoms. The van der Waals surface area contributed by atoms with Gasteiger partial charge in [-0.05, 0) is 43.7 Å². The van der Waals surface area contributed by atoms with E-state index < -0.39 is 0 Å². The lowest BCUT2D eigenvalue weighted by molar-refractivity contribution is -0.128. The van der Waals surface area contributed by atoms with Crippen molar-refractivity contribution in [3.8, 4) is 5.75 Å². The van der Waals surface area contributed by atoms with E-state index >= 15 is 0 Å². The van der Waals surface area contributed by atoms with Crippen molar-refractivity contribution in [1.29, 1.82) is 0 Å². The monoisotopic (exact) mass is 293 g/mol. The summed E-state index contributed by atoms with van der Waals surface area (Å²) in [6.45, 7) is 2.42. The Hall–Kier alpha value is -1.75. The molecule has 5 nitrogen and oxygen atoms in total. The normalized spacial score (nSPS) is 10.3. The van der Waals surface area contributed by atoms with Crippen molar-refractivity contribution in [3.63, 3.8) is 0 Å². The molecule has 0 aliphatic rings. The number of hydrogen-bond acceptors (Lipinski definition) is 4. The highest BCUT2D eigenvalue weighted by atomic mass is 16.5. The Morgan fingerprint density at radius 1 is 1.14 bits per heavy atom. The first-order chi connectivity index (χ1) is 10.1. The molecule has 0 aromatic heterocycles. The van der Waals surface area contributed by atoms with Gasteiger partial charge in [0.15, 0.2) is 0 Å². The molecule has 0 aliphatic heterocycles. The van der Waals surface area contributed by atoms with Gasteiger partial charge >= 0.3 is 0 Å². The highest BCUT2D eigenvalue weighted by Gasteiger charge is 2.09. The quantitative estimate of drug-likeness (QED) is 0.753. The van der Waals surface area contributed by atoms with Gasteiger partial charge in [-0.3, -0.25) is 4.79 Å². The predicted molar refractivity (Wildman–Crippen MR) is 86.8 cm³/mol. The number of nitrogens with zero attached hydrogens (tertiary/aromatic N) is 2. The van der Waals surface area contributed by atoms with Crippen LogP contribution in [-0.4, -0.2) is 51.6 Å². The van der Waals surface area contributed by atoms with E-state index in [1.165, 1.54) is 0 Å². The molecule has 0 atom stereocenters. The van der Waals surface area contributed by atoms with Gasteiger partial charge in [-0.25, -0.2) is 0 Å². The lowest BCUT2D eigenvalue weighted by Gasteiger charge is -2.25. The van der Waals surface area contributed by atoms with Gasteiger partial charge in [0.2, 0.25) is 5.91 Å². The highest BCUT2D eigenvalue weighted by molar-refractivity contribution is 5.75. The van der Waals surface area contributed by atoms with Crippen LogP contribution in [0.25, 0.3) is 0 Å². The first kappa shape index (κ1) is 17.3. The average Bonchev–Trinajstić information content (AvgIpc) is 2.50. The van der Waals surface area contributed by atoms with Crippen molar-refractivity contribution in [2.75, 3.05) is 45.7 Å². The molecule has 1 aromatic carbocycles. The maximum absolute atomic E-state index is 11.6. The fourth-order valence-corrected chi connectivity index (χ4v) is 2.09. The lowest BCUT2D eigenvalue weighted by Crippen LogP contribution is -2.29. The number of carbonyl (C=O) groups is 1. The molecule has 0 radical (unpaired) electrons. The van der Waals surface area contributed by atoms with Crippen molar-refractivity contribution < 1.29 is 9.53 Å². The summed E-state index contributed by atoms with van der Waals surface area (Å²) < 4.78 is 5.18. The second-order valence-electron chi connectivity index (χ2n) is 5.22. The van der Waals surface area contributed by atoms with E-state index in [0.717, 1.165) is 37.4 Å². The molecule has 0 saturated heterocycles. The van der Waals surface area contributed by atoms with Gasteiger partial charge in [0.1, 0.15) is 5.75 Å². The minimum Gasteiger partial charge on any atom is -0.497 e. The third-order valence-electron chi connectivity index (χ3n) is 3.39. The van der Waals surface area contributed by atoms with E-state index in [2.05, 4.69) is 4.90 Å². The molecule has 0 heterocycles. The second-order valence-corrected chi connectivity index (χ2v) is 5.22. The van der Waals surface area contributed by atoms with Gasteiger partial charge in [0, 0.05) is 39.3 Å². The lowest BCUT2D eigenvalue weighted by atomic mass is 10.2. The summed E-state index contributed by atoms with van der Waals surface area (Å²) in [6.07, 6.45) is 2.35. The van der Waals surface area contributed by atoms with E-state index in [0.29, 0.717) is 13.0 Å². The Kier molecular flexibility index (Phi) is 7.61. The zero-order valence-corrected chi connectivity index (χ0v) is 13.3. The van der Waals surface area contributed by atoms with Crippen molar-refractivity contribution in [3.05, 3.63) is 24.3 Å². The zero-order chi connectivity index (χ0) is 15.7. The fourth-order valence-electron chi connectivity index (χ4n) is 2.09. The fraction of sp³-hybridized carbons (Fsp3) is 0.562. The molecule has 0 fully saturated rings. The van der Waals surface area contributed by atoms with Crippen molar-refractivity contribution >= 4 is 11.6 Å². The van der Waals surface area contributed by atoms with E-state index in [-0.39, 0.29) is 5.91 Å². The summed E-state index contributed by atoms with van der Waals surface area (Å²) in [5, 5.41) is 0. The van der Waals surface area contributed by atoms with Gasteiger partial charge in [-0.15, -0.1) is 0 Å². The van der Waals surface area contributed by atoms with Gasteiger partial charge in [-0.2, -0.15) is 0 Å². The van der Waals surface area contributed by atoms with Crippen LogP contribution in [0.1, 0.15) is 19.3 Å². The minimum absolute atomic E-state index is 0.170. The summed E-state index contributed by atoms with van der Waals surface area (Å²) in [5.74, 6) is 1.02. The molecule has 1 amide bonds. The van der Waals surface area contributed by atoms with Crippen LogP contribution in [0, 0.1) is 0 Å². The molecular formula is C16H27N3O2. The first-order valence-electron chi connectivity index (χ1n) is 7.37. The molecule has 0 unspecified atom stereocenters. The van der Waals surface area contributed by atoms with Crippen molar-refractivity contribution in [2.45, 2.75) is 19.3 Å².